The third-order valence-corrected chi connectivity index (χ3v) is 6.32. The van der Waals surface area contributed by atoms with Gasteiger partial charge in [0.25, 0.3) is 0 Å². The Morgan fingerprint density at radius 1 is 0.905 bits per heavy atom. The maximum Gasteiger partial charge on any atom is 0.112 e. The first-order valence-corrected chi connectivity index (χ1v) is 7.78. The molecule has 0 spiro atoms. The third kappa shape index (κ3) is 1.10. The molecule has 3 atom stereocenters. The van der Waals surface area contributed by atoms with E-state index in [-0.39, 0.29) is 0 Å². The topological polar surface area (TPSA) is 6.48 Å². The van der Waals surface area contributed by atoms with Gasteiger partial charge in [0.05, 0.1) is 11.4 Å². The fourth-order valence-electron chi connectivity index (χ4n) is 5.00. The van der Waals surface area contributed by atoms with Crippen LogP contribution >= 0.6 is 0 Å². The van der Waals surface area contributed by atoms with Crippen molar-refractivity contribution in [2.24, 2.45) is 5.41 Å². The lowest BCUT2D eigenvalue weighted by Gasteiger charge is -2.43. The summed E-state index contributed by atoms with van der Waals surface area (Å²) >= 11 is 0. The second kappa shape index (κ2) is 3.27. The first-order valence-electron chi connectivity index (χ1n) is 7.78. The molecule has 106 valence electrons. The summed E-state index contributed by atoms with van der Waals surface area (Å²) in [6.45, 7) is 4.91. The summed E-state index contributed by atoms with van der Waals surface area (Å²) in [5.41, 5.74) is 6.28. The minimum absolute atomic E-state index is 0.320. The van der Waals surface area contributed by atoms with Crippen molar-refractivity contribution in [3.8, 4) is 0 Å². The Morgan fingerprint density at radius 3 is 2.29 bits per heavy atom. The van der Waals surface area contributed by atoms with Crippen molar-refractivity contribution in [3.63, 3.8) is 0 Å². The van der Waals surface area contributed by atoms with E-state index in [1.165, 1.54) is 29.0 Å². The summed E-state index contributed by atoms with van der Waals surface area (Å²) in [6.07, 6.45) is 1.71. The zero-order chi connectivity index (χ0) is 14.4. The second-order valence-corrected chi connectivity index (χ2v) is 7.29. The van der Waals surface area contributed by atoms with E-state index in [0.717, 1.165) is 0 Å². The van der Waals surface area contributed by atoms with Crippen LogP contribution in [0, 0.1) is 5.41 Å². The van der Waals surface area contributed by atoms with E-state index >= 15 is 0 Å². The van der Waals surface area contributed by atoms with Crippen LogP contribution in [-0.2, 0) is 5.41 Å². The molecule has 1 saturated carbocycles. The van der Waals surface area contributed by atoms with Gasteiger partial charge in [0.1, 0.15) is 6.17 Å². The number of nitrogens with zero attached hydrogens (tertiary/aromatic N) is 2. The Kier molecular flexibility index (Phi) is 1.82. The molecule has 2 aromatic carbocycles. The molecule has 0 bridgehead atoms. The highest BCUT2D eigenvalue weighted by Gasteiger charge is 2.72. The molecule has 5 rings (SSSR count). The first kappa shape index (κ1) is 11.7. The van der Waals surface area contributed by atoms with Gasteiger partial charge in [-0.25, -0.2) is 0 Å². The summed E-state index contributed by atoms with van der Waals surface area (Å²) in [6, 6.07) is 17.8. The molecule has 1 fully saturated rings. The fraction of sp³-hybridized carbons (Fsp3) is 0.368. The number of hydrogen-bond acceptors (Lipinski definition) is 2. The number of rotatable bonds is 0. The van der Waals surface area contributed by atoms with Crippen LogP contribution in [0.2, 0.25) is 0 Å². The lowest BCUT2D eigenvalue weighted by molar-refractivity contribution is 0.365. The van der Waals surface area contributed by atoms with Crippen molar-refractivity contribution >= 4 is 17.1 Å². The highest BCUT2D eigenvalue weighted by atomic mass is 15.4. The van der Waals surface area contributed by atoms with E-state index in [1.54, 1.807) is 0 Å². The SMILES string of the molecule is CN1c2ccccc2N2c3ccccc3C3(C)CC3(C)C12. The zero-order valence-electron chi connectivity index (χ0n) is 12.8. The molecule has 2 heterocycles. The zero-order valence-corrected chi connectivity index (χ0v) is 12.8. The van der Waals surface area contributed by atoms with E-state index in [1.807, 2.05) is 0 Å². The number of fused-ring (bicyclic) bond motifs is 8. The van der Waals surface area contributed by atoms with Gasteiger partial charge in [-0.15, -0.1) is 0 Å². The second-order valence-electron chi connectivity index (χ2n) is 7.29. The molecule has 0 radical (unpaired) electrons. The lowest BCUT2D eigenvalue weighted by atomic mass is 9.81. The molecule has 0 aromatic heterocycles. The summed E-state index contributed by atoms with van der Waals surface area (Å²) in [7, 11) is 2.25. The largest absolute Gasteiger partial charge is 0.352 e. The molecule has 2 heteroatoms. The van der Waals surface area contributed by atoms with Gasteiger partial charge < -0.3 is 9.80 Å². The summed E-state index contributed by atoms with van der Waals surface area (Å²) in [5, 5.41) is 0. The lowest BCUT2D eigenvalue weighted by Crippen LogP contribution is -2.50. The highest BCUT2D eigenvalue weighted by molar-refractivity contribution is 5.87. The monoisotopic (exact) mass is 276 g/mol. The minimum Gasteiger partial charge on any atom is -0.352 e. The van der Waals surface area contributed by atoms with E-state index in [0.29, 0.717) is 17.0 Å². The predicted molar refractivity (Wildman–Crippen MR) is 87.3 cm³/mol. The standard InChI is InChI=1S/C19H20N2/c1-18-12-19(18,2)17-20(3)15-10-6-7-11-16(15)21(17)14-9-5-4-8-13(14)18/h4-11,17H,12H2,1-3H3. The quantitative estimate of drug-likeness (QED) is 0.708. The maximum absolute atomic E-state index is 2.57. The molecule has 3 unspecified atom stereocenters. The Bertz CT molecular complexity index is 768. The van der Waals surface area contributed by atoms with Crippen LogP contribution in [0.1, 0.15) is 25.8 Å². The van der Waals surface area contributed by atoms with Crippen LogP contribution in [-0.4, -0.2) is 13.2 Å². The molecule has 2 aliphatic heterocycles. The van der Waals surface area contributed by atoms with Crippen molar-refractivity contribution in [2.45, 2.75) is 31.8 Å². The molecular weight excluding hydrogens is 256 g/mol. The van der Waals surface area contributed by atoms with Crippen LogP contribution in [0.15, 0.2) is 48.5 Å². The summed E-state index contributed by atoms with van der Waals surface area (Å²) in [5.74, 6) is 0. The van der Waals surface area contributed by atoms with Gasteiger partial charge >= 0.3 is 0 Å². The summed E-state index contributed by atoms with van der Waals surface area (Å²) in [4.78, 5) is 5.05. The third-order valence-electron chi connectivity index (χ3n) is 6.32. The van der Waals surface area contributed by atoms with E-state index in [9.17, 15) is 0 Å². The molecule has 0 N–H and O–H groups in total. The number of hydrogen-bond donors (Lipinski definition) is 0. The molecule has 3 aliphatic rings. The normalized spacial score (nSPS) is 34.9. The van der Waals surface area contributed by atoms with Gasteiger partial charge in [-0.3, -0.25) is 0 Å². The van der Waals surface area contributed by atoms with Crippen molar-refractivity contribution in [1.82, 2.24) is 0 Å². The maximum atomic E-state index is 2.57. The molecule has 0 saturated heterocycles. The number of para-hydroxylation sites is 3. The fourth-order valence-corrected chi connectivity index (χ4v) is 5.00. The Balaban J connectivity index is 1.84. The van der Waals surface area contributed by atoms with Crippen molar-refractivity contribution in [3.05, 3.63) is 54.1 Å². The van der Waals surface area contributed by atoms with Gasteiger partial charge in [0, 0.05) is 23.6 Å². The molecule has 0 amide bonds. The van der Waals surface area contributed by atoms with Crippen LogP contribution in [0.3, 0.4) is 0 Å². The predicted octanol–water partition coefficient (Wildman–Crippen LogP) is 4.28. The van der Waals surface area contributed by atoms with Crippen LogP contribution in [0.5, 0.6) is 0 Å². The van der Waals surface area contributed by atoms with E-state index in [2.05, 4.69) is 79.2 Å². The van der Waals surface area contributed by atoms with Gasteiger partial charge in [-0.1, -0.05) is 44.2 Å². The highest BCUT2D eigenvalue weighted by Crippen LogP contribution is 2.74. The van der Waals surface area contributed by atoms with Crippen molar-refractivity contribution < 1.29 is 0 Å². The molecule has 21 heavy (non-hydrogen) atoms. The average molecular weight is 276 g/mol. The van der Waals surface area contributed by atoms with Crippen molar-refractivity contribution in [2.75, 3.05) is 16.8 Å². The smallest absolute Gasteiger partial charge is 0.112 e. The Labute approximate surface area is 126 Å². The average Bonchev–Trinajstić information content (AvgIpc) is 2.95. The summed E-state index contributed by atoms with van der Waals surface area (Å²) < 4.78 is 0. The van der Waals surface area contributed by atoms with Crippen LogP contribution in [0.4, 0.5) is 17.1 Å². The minimum atomic E-state index is 0.320. The Morgan fingerprint density at radius 2 is 1.52 bits per heavy atom. The van der Waals surface area contributed by atoms with E-state index in [4.69, 9.17) is 0 Å². The number of anilines is 3. The van der Waals surface area contributed by atoms with Gasteiger partial charge in [0.15, 0.2) is 0 Å². The van der Waals surface area contributed by atoms with Gasteiger partial charge in [0.2, 0.25) is 0 Å². The van der Waals surface area contributed by atoms with Crippen LogP contribution < -0.4 is 9.80 Å². The van der Waals surface area contributed by atoms with E-state index < -0.39 is 0 Å². The molecule has 2 nitrogen and oxygen atoms in total. The molecule has 2 aromatic rings. The molecular formula is C19H20N2. The molecule has 1 aliphatic carbocycles. The van der Waals surface area contributed by atoms with Gasteiger partial charge in [-0.05, 0) is 30.2 Å². The number of benzene rings is 2. The first-order chi connectivity index (χ1) is 10.1. The van der Waals surface area contributed by atoms with Gasteiger partial charge in [-0.2, -0.15) is 0 Å². The van der Waals surface area contributed by atoms with Crippen LogP contribution in [0.25, 0.3) is 0 Å². The van der Waals surface area contributed by atoms with Crippen molar-refractivity contribution in [1.29, 1.82) is 0 Å². The Hall–Kier alpha value is -1.96.